The Kier molecular flexibility index (Phi) is 5.98. The highest BCUT2D eigenvalue weighted by Crippen LogP contribution is 2.52. The van der Waals surface area contributed by atoms with Crippen molar-refractivity contribution >= 4 is 29.1 Å². The normalized spacial score (nSPS) is 50.2. The number of likely N-dealkylation sites (tertiary alicyclic amines) is 1. The minimum Gasteiger partial charge on any atom is -0.387 e. The molecule has 5 nitrogen and oxygen atoms in total. The third-order valence-corrected chi connectivity index (χ3v) is 9.08. The Morgan fingerprint density at radius 1 is 1.19 bits per heavy atom. The summed E-state index contributed by atoms with van der Waals surface area (Å²) in [4.78, 5) is 14.1. The molecule has 9 unspecified atom stereocenters. The van der Waals surface area contributed by atoms with E-state index in [4.69, 9.17) is 28.9 Å². The van der Waals surface area contributed by atoms with Crippen molar-refractivity contribution in [2.75, 3.05) is 13.2 Å². The van der Waals surface area contributed by atoms with Crippen LogP contribution in [-0.2, 0) is 4.79 Å². The number of amides is 1. The molecule has 0 aromatic carbocycles. The van der Waals surface area contributed by atoms with Gasteiger partial charge in [0.15, 0.2) is 0 Å². The zero-order valence-corrected chi connectivity index (χ0v) is 17.6. The van der Waals surface area contributed by atoms with Crippen molar-refractivity contribution in [2.24, 2.45) is 29.4 Å². The van der Waals surface area contributed by atoms with Crippen LogP contribution >= 0.6 is 23.2 Å². The molecule has 7 heteroatoms. The minimum absolute atomic E-state index is 0.0349. The van der Waals surface area contributed by atoms with Gasteiger partial charge in [-0.3, -0.25) is 4.79 Å². The van der Waals surface area contributed by atoms with Crippen LogP contribution in [0.3, 0.4) is 0 Å². The Balaban J connectivity index is 1.62. The molecule has 2 aliphatic heterocycles. The van der Waals surface area contributed by atoms with Gasteiger partial charge in [0.05, 0.1) is 10.8 Å². The number of nitrogens with two attached hydrogens (primary N) is 1. The highest BCUT2D eigenvalue weighted by molar-refractivity contribution is 6.30. The van der Waals surface area contributed by atoms with Gasteiger partial charge in [-0.15, -0.1) is 23.2 Å². The number of halogens is 2. The Bertz CT molecular complexity index is 565. The van der Waals surface area contributed by atoms with Gasteiger partial charge < -0.3 is 21.1 Å². The van der Waals surface area contributed by atoms with Crippen LogP contribution in [0.1, 0.15) is 45.4 Å². The molecule has 0 spiro atoms. The van der Waals surface area contributed by atoms with Crippen LogP contribution in [0.4, 0.5) is 0 Å². The largest absolute Gasteiger partial charge is 0.387 e. The average Bonchev–Trinajstić information content (AvgIpc) is 3.02. The summed E-state index contributed by atoms with van der Waals surface area (Å²) >= 11 is 13.5. The second-order valence-electron chi connectivity index (χ2n) is 9.30. The van der Waals surface area contributed by atoms with Crippen LogP contribution < -0.4 is 11.1 Å². The van der Waals surface area contributed by atoms with Gasteiger partial charge in [0.1, 0.15) is 6.61 Å². The lowest BCUT2D eigenvalue weighted by Gasteiger charge is -2.49. The average molecular weight is 418 g/mol. The summed E-state index contributed by atoms with van der Waals surface area (Å²) in [6.07, 6.45) is 6.58. The molecular weight excluding hydrogens is 385 g/mol. The molecule has 27 heavy (non-hydrogen) atoms. The van der Waals surface area contributed by atoms with Crippen LogP contribution in [0.25, 0.3) is 0 Å². The van der Waals surface area contributed by atoms with E-state index in [0.717, 1.165) is 19.3 Å². The fourth-order valence-electron chi connectivity index (χ4n) is 6.69. The lowest BCUT2D eigenvalue weighted by atomic mass is 9.61. The van der Waals surface area contributed by atoms with E-state index in [9.17, 15) is 9.90 Å². The maximum Gasteiger partial charge on any atom is 0.248 e. The zero-order chi connectivity index (χ0) is 19.3. The molecule has 0 bridgehead atoms. The molecule has 10 atom stereocenters. The second kappa shape index (κ2) is 7.98. The highest BCUT2D eigenvalue weighted by atomic mass is 35.5. The third kappa shape index (κ3) is 3.52. The van der Waals surface area contributed by atoms with Gasteiger partial charge in [-0.25, -0.2) is 0 Å². The molecule has 154 valence electrons. The van der Waals surface area contributed by atoms with Crippen LogP contribution in [0.15, 0.2) is 0 Å². The first-order valence-electron chi connectivity index (χ1n) is 10.6. The highest BCUT2D eigenvalue weighted by Gasteiger charge is 2.57. The number of nitrogens with zero attached hydrogens (tertiary/aromatic N) is 1. The number of carbonyl (C=O) groups excluding carboxylic acids is 1. The van der Waals surface area contributed by atoms with Gasteiger partial charge in [0, 0.05) is 30.7 Å². The summed E-state index contributed by atoms with van der Waals surface area (Å²) in [6.45, 7) is 2.36. The molecule has 4 rings (SSSR count). The lowest BCUT2D eigenvalue weighted by molar-refractivity contribution is -0.139. The minimum atomic E-state index is -0.415. The summed E-state index contributed by atoms with van der Waals surface area (Å²) in [7, 11) is 0. The number of piperidine rings is 1. The molecule has 0 aromatic heterocycles. The van der Waals surface area contributed by atoms with Crippen LogP contribution in [-0.4, -0.2) is 64.0 Å². The topological polar surface area (TPSA) is 78.6 Å². The predicted molar refractivity (Wildman–Crippen MR) is 108 cm³/mol. The lowest BCUT2D eigenvalue weighted by Crippen LogP contribution is -2.55. The molecular formula is C20H33Cl2N3O2. The van der Waals surface area contributed by atoms with Gasteiger partial charge >= 0.3 is 0 Å². The number of aliphatic hydroxyl groups is 1. The Hall–Kier alpha value is -0.0700. The predicted octanol–water partition coefficient (Wildman–Crippen LogP) is 1.92. The van der Waals surface area contributed by atoms with E-state index in [0.29, 0.717) is 36.3 Å². The first kappa shape index (κ1) is 20.2. The van der Waals surface area contributed by atoms with Gasteiger partial charge in [-0.2, -0.15) is 0 Å². The molecule has 4 fully saturated rings. The fraction of sp³-hybridized carbons (Fsp3) is 0.950. The van der Waals surface area contributed by atoms with Crippen molar-refractivity contribution < 1.29 is 9.90 Å². The molecule has 2 saturated heterocycles. The molecule has 4 aliphatic rings. The van der Waals surface area contributed by atoms with Crippen molar-refractivity contribution in [1.82, 2.24) is 10.2 Å². The fourth-order valence-corrected chi connectivity index (χ4v) is 7.39. The van der Waals surface area contributed by atoms with Crippen molar-refractivity contribution in [1.29, 1.82) is 0 Å². The van der Waals surface area contributed by atoms with E-state index in [1.807, 2.05) is 4.90 Å². The summed E-state index contributed by atoms with van der Waals surface area (Å²) in [6, 6.07) is 0.933. The van der Waals surface area contributed by atoms with E-state index < -0.39 is 6.61 Å². The van der Waals surface area contributed by atoms with Crippen LogP contribution in [0.2, 0.25) is 0 Å². The van der Waals surface area contributed by atoms with Crippen LogP contribution in [0, 0.1) is 23.7 Å². The summed E-state index contributed by atoms with van der Waals surface area (Å²) in [5.41, 5.74) is 6.57. The molecule has 2 heterocycles. The van der Waals surface area contributed by atoms with Crippen molar-refractivity contribution in [3.8, 4) is 0 Å². The Labute approximate surface area is 172 Å². The molecule has 0 radical (unpaired) electrons. The quantitative estimate of drug-likeness (QED) is 0.599. The number of fused-ring (bicyclic) bond motifs is 3. The SMILES string of the molecule is C[C@@H]1CC2NC3C(Cl)C(Cl)CC(C4CCCCC4N)C3C2CN1C(=O)CO. The van der Waals surface area contributed by atoms with Gasteiger partial charge in [-0.05, 0) is 56.3 Å². The van der Waals surface area contributed by atoms with E-state index in [1.54, 1.807) is 0 Å². The molecule has 1 amide bonds. The number of hydrogen-bond acceptors (Lipinski definition) is 4. The monoisotopic (exact) mass is 417 g/mol. The first-order chi connectivity index (χ1) is 12.9. The van der Waals surface area contributed by atoms with Crippen molar-refractivity contribution in [3.05, 3.63) is 0 Å². The van der Waals surface area contributed by atoms with E-state index in [-0.39, 0.29) is 34.8 Å². The van der Waals surface area contributed by atoms with Gasteiger partial charge in [-0.1, -0.05) is 12.8 Å². The third-order valence-electron chi connectivity index (χ3n) is 7.93. The number of carbonyl (C=O) groups is 1. The standard InChI is InChI=1S/C20H33Cl2N3O2/c1-10-6-16-13(8-25(10)17(27)9-26)18-12(11-4-2-3-5-15(11)23)7-14(21)19(22)20(18)24-16/h10-16,18-20,24,26H,2-9,23H2,1H3/t10-,11?,12?,13?,14?,15?,16?,18?,19?,20?/m1/s1. The smallest absolute Gasteiger partial charge is 0.248 e. The maximum absolute atomic E-state index is 12.3. The maximum atomic E-state index is 12.3. The van der Waals surface area contributed by atoms with E-state index in [1.165, 1.54) is 19.3 Å². The number of nitrogens with one attached hydrogen (secondary N) is 1. The summed E-state index contributed by atoms with van der Waals surface area (Å²) in [5, 5.41) is 13.1. The molecule has 2 saturated carbocycles. The second-order valence-corrected chi connectivity index (χ2v) is 10.4. The number of hydrogen-bond donors (Lipinski definition) is 3. The zero-order valence-electron chi connectivity index (χ0n) is 16.1. The van der Waals surface area contributed by atoms with Crippen LogP contribution in [0.5, 0.6) is 0 Å². The number of rotatable bonds is 2. The molecule has 4 N–H and O–H groups in total. The summed E-state index contributed by atoms with van der Waals surface area (Å²) < 4.78 is 0. The number of aliphatic hydroxyl groups excluding tert-OH is 1. The molecule has 0 aromatic rings. The molecule has 2 aliphatic carbocycles. The Morgan fingerprint density at radius 2 is 1.93 bits per heavy atom. The van der Waals surface area contributed by atoms with E-state index >= 15 is 0 Å². The van der Waals surface area contributed by atoms with Gasteiger partial charge in [0.25, 0.3) is 0 Å². The van der Waals surface area contributed by atoms with Crippen molar-refractivity contribution in [2.45, 2.75) is 80.4 Å². The van der Waals surface area contributed by atoms with Gasteiger partial charge in [0.2, 0.25) is 5.91 Å². The number of alkyl halides is 2. The van der Waals surface area contributed by atoms with E-state index in [2.05, 4.69) is 12.2 Å². The summed E-state index contributed by atoms with van der Waals surface area (Å²) in [5.74, 6) is 1.57. The first-order valence-corrected chi connectivity index (χ1v) is 11.5. The Morgan fingerprint density at radius 3 is 2.63 bits per heavy atom. The van der Waals surface area contributed by atoms with Crippen molar-refractivity contribution in [3.63, 3.8) is 0 Å².